The molecule has 5 nitrogen and oxygen atoms in total. The van der Waals surface area contributed by atoms with Crippen LogP contribution in [0.2, 0.25) is 0 Å². The lowest BCUT2D eigenvalue weighted by Crippen LogP contribution is -2.27. The topological polar surface area (TPSA) is 57.0 Å². The third kappa shape index (κ3) is 2.09. The van der Waals surface area contributed by atoms with Crippen LogP contribution < -0.4 is 0 Å². The quantitative estimate of drug-likeness (QED) is 0.786. The standard InChI is InChI=1S/C15H17N3O2/c1-10-6-3-4-7-11(10)14-16-13-9-5-8-12(15(19)20-2)18(13)17-14/h3-4,6-7,12H,5,8-9H2,1-2H3. The molecule has 1 aliphatic heterocycles. The minimum Gasteiger partial charge on any atom is -0.467 e. The number of hydrogen-bond donors (Lipinski definition) is 0. The molecule has 0 spiro atoms. The number of esters is 1. The van der Waals surface area contributed by atoms with Gasteiger partial charge < -0.3 is 4.74 Å². The van der Waals surface area contributed by atoms with Crippen molar-refractivity contribution in [3.8, 4) is 11.4 Å². The molecule has 1 unspecified atom stereocenters. The molecule has 104 valence electrons. The van der Waals surface area contributed by atoms with Crippen molar-refractivity contribution >= 4 is 5.97 Å². The van der Waals surface area contributed by atoms with Gasteiger partial charge in [-0.1, -0.05) is 24.3 Å². The van der Waals surface area contributed by atoms with Crippen molar-refractivity contribution < 1.29 is 9.53 Å². The van der Waals surface area contributed by atoms with Gasteiger partial charge in [-0.2, -0.15) is 0 Å². The summed E-state index contributed by atoms with van der Waals surface area (Å²) in [5.74, 6) is 1.31. The Morgan fingerprint density at radius 1 is 1.40 bits per heavy atom. The fourth-order valence-corrected chi connectivity index (χ4v) is 2.64. The Labute approximate surface area is 117 Å². The molecule has 0 fully saturated rings. The molecule has 0 amide bonds. The number of benzene rings is 1. The molecule has 1 aliphatic rings. The van der Waals surface area contributed by atoms with Crippen molar-refractivity contribution in [3.63, 3.8) is 0 Å². The number of aryl methyl sites for hydroxylation is 2. The van der Waals surface area contributed by atoms with Crippen LogP contribution in [-0.2, 0) is 16.0 Å². The van der Waals surface area contributed by atoms with Crippen molar-refractivity contribution in [3.05, 3.63) is 35.7 Å². The Bertz CT molecular complexity index is 648. The monoisotopic (exact) mass is 271 g/mol. The van der Waals surface area contributed by atoms with Gasteiger partial charge in [-0.25, -0.2) is 14.5 Å². The maximum atomic E-state index is 11.8. The lowest BCUT2D eigenvalue weighted by Gasteiger charge is -2.20. The van der Waals surface area contributed by atoms with Crippen LogP contribution in [0, 0.1) is 6.92 Å². The molecule has 3 rings (SSSR count). The van der Waals surface area contributed by atoms with Crippen molar-refractivity contribution in [1.82, 2.24) is 14.8 Å². The fourth-order valence-electron chi connectivity index (χ4n) is 2.64. The Morgan fingerprint density at radius 2 is 2.20 bits per heavy atom. The number of carbonyl (C=O) groups excluding carboxylic acids is 1. The first-order chi connectivity index (χ1) is 9.70. The minimum atomic E-state index is -0.339. The van der Waals surface area contributed by atoms with Gasteiger partial charge in [-0.3, -0.25) is 0 Å². The third-order valence-electron chi connectivity index (χ3n) is 3.73. The van der Waals surface area contributed by atoms with Gasteiger partial charge in [0.1, 0.15) is 5.82 Å². The van der Waals surface area contributed by atoms with Gasteiger partial charge in [0.2, 0.25) is 0 Å². The van der Waals surface area contributed by atoms with E-state index in [1.165, 1.54) is 7.11 Å². The van der Waals surface area contributed by atoms with Crippen LogP contribution >= 0.6 is 0 Å². The number of rotatable bonds is 2. The summed E-state index contributed by atoms with van der Waals surface area (Å²) in [6.45, 7) is 2.03. The summed E-state index contributed by atoms with van der Waals surface area (Å²) < 4.78 is 6.59. The van der Waals surface area contributed by atoms with Crippen molar-refractivity contribution in [2.45, 2.75) is 32.2 Å². The average molecular weight is 271 g/mol. The van der Waals surface area contributed by atoms with Crippen LogP contribution in [0.25, 0.3) is 11.4 Å². The van der Waals surface area contributed by atoms with Crippen LogP contribution in [0.15, 0.2) is 24.3 Å². The highest BCUT2D eigenvalue weighted by atomic mass is 16.5. The second-order valence-corrected chi connectivity index (χ2v) is 5.04. The largest absolute Gasteiger partial charge is 0.467 e. The zero-order chi connectivity index (χ0) is 14.1. The van der Waals surface area contributed by atoms with Gasteiger partial charge in [-0.05, 0) is 25.3 Å². The summed E-state index contributed by atoms with van der Waals surface area (Å²) >= 11 is 0. The highest BCUT2D eigenvalue weighted by Crippen LogP contribution is 2.27. The van der Waals surface area contributed by atoms with E-state index in [9.17, 15) is 4.79 Å². The molecule has 0 saturated heterocycles. The molecule has 1 aromatic carbocycles. The van der Waals surface area contributed by atoms with E-state index in [2.05, 4.69) is 10.1 Å². The van der Waals surface area contributed by atoms with Gasteiger partial charge >= 0.3 is 5.97 Å². The third-order valence-corrected chi connectivity index (χ3v) is 3.73. The van der Waals surface area contributed by atoms with Crippen molar-refractivity contribution in [2.24, 2.45) is 0 Å². The smallest absolute Gasteiger partial charge is 0.330 e. The van der Waals surface area contributed by atoms with Gasteiger partial charge in [0, 0.05) is 12.0 Å². The number of aromatic nitrogens is 3. The first kappa shape index (κ1) is 12.8. The summed E-state index contributed by atoms with van der Waals surface area (Å²) in [5, 5.41) is 4.54. The summed E-state index contributed by atoms with van der Waals surface area (Å²) in [7, 11) is 1.41. The predicted molar refractivity (Wildman–Crippen MR) is 74.2 cm³/mol. The highest BCUT2D eigenvalue weighted by Gasteiger charge is 2.29. The van der Waals surface area contributed by atoms with Crippen molar-refractivity contribution in [1.29, 1.82) is 0 Å². The highest BCUT2D eigenvalue weighted by molar-refractivity contribution is 5.74. The maximum absolute atomic E-state index is 11.8. The minimum absolute atomic E-state index is 0.243. The SMILES string of the molecule is COC(=O)C1CCCc2nc(-c3ccccc3C)nn21. The summed E-state index contributed by atoms with van der Waals surface area (Å²) in [6.07, 6.45) is 2.55. The van der Waals surface area contributed by atoms with E-state index < -0.39 is 0 Å². The first-order valence-electron chi connectivity index (χ1n) is 6.80. The summed E-state index contributed by atoms with van der Waals surface area (Å²) in [5.41, 5.74) is 2.14. The second kappa shape index (κ2) is 5.07. The molecule has 20 heavy (non-hydrogen) atoms. The molecule has 5 heteroatoms. The Balaban J connectivity index is 2.04. The van der Waals surface area contributed by atoms with Gasteiger partial charge in [0.25, 0.3) is 0 Å². The number of carbonyl (C=O) groups is 1. The molecule has 0 radical (unpaired) electrons. The molecule has 0 saturated carbocycles. The van der Waals surface area contributed by atoms with E-state index in [1.807, 2.05) is 31.2 Å². The second-order valence-electron chi connectivity index (χ2n) is 5.04. The van der Waals surface area contributed by atoms with Crippen LogP contribution in [0.4, 0.5) is 0 Å². The predicted octanol–water partition coefficient (Wildman–Crippen LogP) is 2.30. The number of ether oxygens (including phenoxy) is 1. The molecule has 0 bridgehead atoms. The van der Waals surface area contributed by atoms with Crippen LogP contribution in [0.1, 0.15) is 30.3 Å². The summed E-state index contributed by atoms with van der Waals surface area (Å²) in [4.78, 5) is 16.4. The maximum Gasteiger partial charge on any atom is 0.330 e. The number of nitrogens with zero attached hydrogens (tertiary/aromatic N) is 3. The van der Waals surface area contributed by atoms with E-state index in [0.717, 1.165) is 36.2 Å². The molecule has 0 aliphatic carbocycles. The van der Waals surface area contributed by atoms with Crippen LogP contribution in [-0.4, -0.2) is 27.8 Å². The Kier molecular flexibility index (Phi) is 3.26. The van der Waals surface area contributed by atoms with E-state index >= 15 is 0 Å². The van der Waals surface area contributed by atoms with E-state index in [-0.39, 0.29) is 12.0 Å². The molecule has 1 atom stereocenters. The van der Waals surface area contributed by atoms with Crippen LogP contribution in [0.3, 0.4) is 0 Å². The fraction of sp³-hybridized carbons (Fsp3) is 0.400. The Hall–Kier alpha value is -2.17. The number of hydrogen-bond acceptors (Lipinski definition) is 4. The lowest BCUT2D eigenvalue weighted by atomic mass is 10.1. The first-order valence-corrected chi connectivity index (χ1v) is 6.80. The van der Waals surface area contributed by atoms with E-state index in [4.69, 9.17) is 4.74 Å². The van der Waals surface area contributed by atoms with Crippen LogP contribution in [0.5, 0.6) is 0 Å². The van der Waals surface area contributed by atoms with Gasteiger partial charge in [0.15, 0.2) is 11.9 Å². The number of methoxy groups -OCH3 is 1. The van der Waals surface area contributed by atoms with E-state index in [0.29, 0.717) is 5.82 Å². The molecule has 2 aromatic rings. The van der Waals surface area contributed by atoms with E-state index in [1.54, 1.807) is 4.68 Å². The van der Waals surface area contributed by atoms with Gasteiger partial charge in [0.05, 0.1) is 7.11 Å². The lowest BCUT2D eigenvalue weighted by molar-refractivity contribution is -0.145. The average Bonchev–Trinajstić information content (AvgIpc) is 2.90. The molecule has 2 heterocycles. The Morgan fingerprint density at radius 3 is 2.95 bits per heavy atom. The molecule has 0 N–H and O–H groups in total. The molecular formula is C15H17N3O2. The van der Waals surface area contributed by atoms with Gasteiger partial charge in [-0.15, -0.1) is 5.10 Å². The summed E-state index contributed by atoms with van der Waals surface area (Å²) in [6, 6.07) is 7.66. The molecule has 1 aromatic heterocycles. The number of fused-ring (bicyclic) bond motifs is 1. The van der Waals surface area contributed by atoms with Crippen molar-refractivity contribution in [2.75, 3.05) is 7.11 Å². The molecular weight excluding hydrogens is 254 g/mol. The normalized spacial score (nSPS) is 17.6. The zero-order valence-corrected chi connectivity index (χ0v) is 11.7. The zero-order valence-electron chi connectivity index (χ0n) is 11.7.